The summed E-state index contributed by atoms with van der Waals surface area (Å²) in [6.07, 6.45) is 5.65. The highest BCUT2D eigenvalue weighted by Gasteiger charge is 2.33. The van der Waals surface area contributed by atoms with Crippen LogP contribution in [0.2, 0.25) is 0 Å². The van der Waals surface area contributed by atoms with E-state index in [2.05, 4.69) is 25.6 Å². The van der Waals surface area contributed by atoms with Crippen molar-refractivity contribution in [2.24, 2.45) is 5.73 Å². The van der Waals surface area contributed by atoms with Crippen LogP contribution in [0.1, 0.15) is 19.3 Å². The van der Waals surface area contributed by atoms with Crippen LogP contribution in [0, 0.1) is 0 Å². The zero-order chi connectivity index (χ0) is 12.5. The maximum atomic E-state index is 11.9. The van der Waals surface area contributed by atoms with Crippen LogP contribution < -0.4 is 10.5 Å². The van der Waals surface area contributed by atoms with Crippen LogP contribution in [0.25, 0.3) is 0 Å². The Labute approximate surface area is 109 Å². The number of nitrogens with two attached hydrogens (primary N) is 1. The van der Waals surface area contributed by atoms with Gasteiger partial charge in [-0.1, -0.05) is 0 Å². The Kier molecular flexibility index (Phi) is 3.53. The van der Waals surface area contributed by atoms with E-state index < -0.39 is 10.0 Å². The van der Waals surface area contributed by atoms with Crippen molar-refractivity contribution in [2.45, 2.75) is 29.7 Å². The minimum Gasteiger partial charge on any atom is -0.324 e. The number of hydrogen-bond acceptors (Lipinski definition) is 4. The van der Waals surface area contributed by atoms with Gasteiger partial charge in [0.15, 0.2) is 0 Å². The molecule has 1 aliphatic rings. The average Bonchev–Trinajstić information content (AvgIpc) is 2.24. The number of hydrogen-bond donors (Lipinski definition) is 2. The Morgan fingerprint density at radius 3 is 2.71 bits per heavy atom. The summed E-state index contributed by atoms with van der Waals surface area (Å²) in [5.74, 6) is 0. The molecule has 7 heteroatoms. The minimum absolute atomic E-state index is 0.148. The predicted octanol–water partition coefficient (Wildman–Crippen LogP) is 1.00. The van der Waals surface area contributed by atoms with Gasteiger partial charge in [-0.2, -0.15) is 0 Å². The zero-order valence-electron chi connectivity index (χ0n) is 9.19. The molecule has 0 saturated heterocycles. The van der Waals surface area contributed by atoms with Gasteiger partial charge in [-0.15, -0.1) is 0 Å². The molecule has 1 aromatic rings. The Bertz CT molecular complexity index is 514. The van der Waals surface area contributed by atoms with Crippen molar-refractivity contribution in [3.63, 3.8) is 0 Å². The quantitative estimate of drug-likeness (QED) is 0.867. The largest absolute Gasteiger partial charge is 0.324 e. The predicted molar refractivity (Wildman–Crippen MR) is 67.9 cm³/mol. The lowest BCUT2D eigenvalue weighted by Gasteiger charge is -2.37. The van der Waals surface area contributed by atoms with Crippen LogP contribution in [-0.2, 0) is 10.0 Å². The van der Waals surface area contributed by atoms with Gasteiger partial charge in [0.05, 0.1) is 0 Å². The molecule has 1 fully saturated rings. The monoisotopic (exact) mass is 319 g/mol. The summed E-state index contributed by atoms with van der Waals surface area (Å²) in [7, 11) is -3.51. The van der Waals surface area contributed by atoms with E-state index in [0.717, 1.165) is 19.3 Å². The van der Waals surface area contributed by atoms with Crippen molar-refractivity contribution in [1.82, 2.24) is 9.71 Å². The van der Waals surface area contributed by atoms with Gasteiger partial charge < -0.3 is 5.73 Å². The fourth-order valence-corrected chi connectivity index (χ4v) is 3.31. The van der Waals surface area contributed by atoms with Crippen molar-refractivity contribution in [2.75, 3.05) is 6.54 Å². The number of nitrogens with one attached hydrogen (secondary N) is 1. The van der Waals surface area contributed by atoms with E-state index in [-0.39, 0.29) is 17.0 Å². The van der Waals surface area contributed by atoms with Crippen LogP contribution >= 0.6 is 15.9 Å². The van der Waals surface area contributed by atoms with Crippen LogP contribution in [0.3, 0.4) is 0 Å². The third-order valence-electron chi connectivity index (χ3n) is 2.95. The molecule has 3 N–H and O–H groups in total. The summed E-state index contributed by atoms with van der Waals surface area (Å²) in [6.45, 7) is 0.280. The van der Waals surface area contributed by atoms with Gasteiger partial charge >= 0.3 is 0 Å². The van der Waals surface area contributed by atoms with Gasteiger partial charge in [0.1, 0.15) is 4.90 Å². The van der Waals surface area contributed by atoms with Gasteiger partial charge in [0, 0.05) is 29.0 Å². The summed E-state index contributed by atoms with van der Waals surface area (Å²) in [6, 6.07) is 1.51. The molecule has 0 radical (unpaired) electrons. The van der Waals surface area contributed by atoms with Gasteiger partial charge in [-0.3, -0.25) is 4.98 Å². The van der Waals surface area contributed by atoms with E-state index in [9.17, 15) is 8.42 Å². The zero-order valence-corrected chi connectivity index (χ0v) is 11.6. The molecule has 0 aromatic carbocycles. The summed E-state index contributed by atoms with van der Waals surface area (Å²) in [5, 5.41) is 0. The SMILES string of the molecule is NC1(CNS(=O)(=O)c2cncc(Br)c2)CCC1. The second kappa shape index (κ2) is 4.64. The number of sulfonamides is 1. The van der Waals surface area contributed by atoms with E-state index in [1.54, 1.807) is 0 Å². The molecule has 2 rings (SSSR count). The molecular formula is C10H14BrN3O2S. The van der Waals surface area contributed by atoms with Crippen LogP contribution in [0.4, 0.5) is 0 Å². The standard InChI is InChI=1S/C10H14BrN3O2S/c11-8-4-9(6-13-5-8)17(15,16)14-7-10(12)2-1-3-10/h4-6,14H,1-3,7,12H2. The first kappa shape index (κ1) is 12.9. The fraction of sp³-hybridized carbons (Fsp3) is 0.500. The van der Waals surface area contributed by atoms with Gasteiger partial charge in [-0.25, -0.2) is 13.1 Å². The third-order valence-corrected chi connectivity index (χ3v) is 4.76. The molecule has 1 aromatic heterocycles. The van der Waals surface area contributed by atoms with Crippen LogP contribution in [0.15, 0.2) is 27.8 Å². The van der Waals surface area contributed by atoms with E-state index >= 15 is 0 Å². The topological polar surface area (TPSA) is 85.1 Å². The van der Waals surface area contributed by atoms with Crippen LogP contribution in [0.5, 0.6) is 0 Å². The number of rotatable bonds is 4. The number of pyridine rings is 1. The first-order chi connectivity index (χ1) is 7.91. The molecule has 0 aliphatic heterocycles. The Morgan fingerprint density at radius 2 is 2.18 bits per heavy atom. The van der Waals surface area contributed by atoms with Gasteiger partial charge in [0.2, 0.25) is 10.0 Å². The maximum Gasteiger partial charge on any atom is 0.242 e. The molecule has 1 heterocycles. The molecule has 0 unspecified atom stereocenters. The maximum absolute atomic E-state index is 11.9. The number of nitrogens with zero attached hydrogens (tertiary/aromatic N) is 1. The fourth-order valence-electron chi connectivity index (χ4n) is 1.67. The van der Waals surface area contributed by atoms with E-state index in [0.29, 0.717) is 4.47 Å². The smallest absolute Gasteiger partial charge is 0.242 e. The lowest BCUT2D eigenvalue weighted by molar-refractivity contribution is 0.251. The molecule has 0 spiro atoms. The Hall–Kier alpha value is -0.500. The highest BCUT2D eigenvalue weighted by Crippen LogP contribution is 2.28. The summed E-state index contributed by atoms with van der Waals surface area (Å²) in [4.78, 5) is 3.98. The van der Waals surface area contributed by atoms with E-state index in [4.69, 9.17) is 5.73 Å². The normalized spacial score (nSPS) is 18.7. The lowest BCUT2D eigenvalue weighted by atomic mass is 9.78. The molecule has 0 bridgehead atoms. The third kappa shape index (κ3) is 3.04. The van der Waals surface area contributed by atoms with E-state index in [1.165, 1.54) is 18.5 Å². The highest BCUT2D eigenvalue weighted by molar-refractivity contribution is 9.10. The van der Waals surface area contributed by atoms with Crippen molar-refractivity contribution < 1.29 is 8.42 Å². The van der Waals surface area contributed by atoms with Crippen LogP contribution in [-0.4, -0.2) is 25.5 Å². The second-order valence-electron chi connectivity index (χ2n) is 4.38. The minimum atomic E-state index is -3.51. The summed E-state index contributed by atoms with van der Waals surface area (Å²) in [5.41, 5.74) is 5.60. The van der Waals surface area contributed by atoms with Crippen molar-refractivity contribution in [1.29, 1.82) is 0 Å². The van der Waals surface area contributed by atoms with Crippen molar-refractivity contribution in [3.05, 3.63) is 22.9 Å². The summed E-state index contributed by atoms with van der Waals surface area (Å²) >= 11 is 3.19. The molecule has 1 saturated carbocycles. The first-order valence-corrected chi connectivity index (χ1v) is 7.58. The molecule has 1 aliphatic carbocycles. The highest BCUT2D eigenvalue weighted by atomic mass is 79.9. The first-order valence-electron chi connectivity index (χ1n) is 5.30. The van der Waals surface area contributed by atoms with Crippen molar-refractivity contribution >= 4 is 26.0 Å². The summed E-state index contributed by atoms with van der Waals surface area (Å²) < 4.78 is 27.0. The molecule has 5 nitrogen and oxygen atoms in total. The average molecular weight is 320 g/mol. The Morgan fingerprint density at radius 1 is 1.47 bits per heavy atom. The van der Waals surface area contributed by atoms with E-state index in [1.807, 2.05) is 0 Å². The molecule has 0 amide bonds. The molecule has 17 heavy (non-hydrogen) atoms. The van der Waals surface area contributed by atoms with Gasteiger partial charge in [-0.05, 0) is 41.3 Å². The molecule has 94 valence electrons. The molecule has 0 atom stereocenters. The van der Waals surface area contributed by atoms with Crippen molar-refractivity contribution in [3.8, 4) is 0 Å². The second-order valence-corrected chi connectivity index (χ2v) is 7.06. The number of halogens is 1. The Balaban J connectivity index is 2.08. The van der Waals surface area contributed by atoms with Gasteiger partial charge in [0.25, 0.3) is 0 Å². The number of aromatic nitrogens is 1. The molecular weight excluding hydrogens is 306 g/mol. The lowest BCUT2D eigenvalue weighted by Crippen LogP contribution is -2.54.